The second-order valence-electron chi connectivity index (χ2n) is 6.37. The Kier molecular flexibility index (Phi) is 4.90. The van der Waals surface area contributed by atoms with Crippen LogP contribution in [-0.4, -0.2) is 15.7 Å². The van der Waals surface area contributed by atoms with E-state index < -0.39 is 0 Å². The number of anilines is 1. The van der Waals surface area contributed by atoms with Gasteiger partial charge in [0.25, 0.3) is 0 Å². The van der Waals surface area contributed by atoms with Gasteiger partial charge in [-0.3, -0.25) is 4.79 Å². The first kappa shape index (κ1) is 17.3. The topological polar surface area (TPSA) is 46.9 Å². The van der Waals surface area contributed by atoms with Gasteiger partial charge >= 0.3 is 0 Å². The van der Waals surface area contributed by atoms with E-state index in [2.05, 4.69) is 22.5 Å². The molecule has 0 saturated carbocycles. The maximum absolute atomic E-state index is 12.6. The largest absolute Gasteiger partial charge is 0.311 e. The molecule has 4 aromatic rings. The number of aromatic nitrogens is 2. The number of nitrogens with zero attached hydrogens (tertiary/aromatic N) is 2. The monoisotopic (exact) mass is 375 g/mol. The van der Waals surface area contributed by atoms with E-state index in [0.29, 0.717) is 23.8 Å². The third-order valence-corrected chi connectivity index (χ3v) is 4.67. The standard InChI is InChI=1S/C22H18ClN3O/c23-19-9-3-5-16(13-19)15-26-21(11-12-24-26)25-22(27)14-18-8-4-7-17-6-1-2-10-20(17)18/h1-13H,14-15H2,(H,25,27). The molecule has 1 N–H and O–H groups in total. The highest BCUT2D eigenvalue weighted by atomic mass is 35.5. The average Bonchev–Trinajstić information content (AvgIpc) is 3.08. The molecule has 1 heterocycles. The summed E-state index contributed by atoms with van der Waals surface area (Å²) in [6, 6.07) is 23.5. The van der Waals surface area contributed by atoms with Gasteiger partial charge in [-0.15, -0.1) is 0 Å². The van der Waals surface area contributed by atoms with Crippen molar-refractivity contribution in [2.24, 2.45) is 0 Å². The maximum atomic E-state index is 12.6. The average molecular weight is 376 g/mol. The van der Waals surface area contributed by atoms with Crippen LogP contribution < -0.4 is 5.32 Å². The molecule has 0 saturated heterocycles. The van der Waals surface area contributed by atoms with E-state index in [0.717, 1.165) is 21.9 Å². The zero-order chi connectivity index (χ0) is 18.6. The van der Waals surface area contributed by atoms with Crippen molar-refractivity contribution in [2.45, 2.75) is 13.0 Å². The van der Waals surface area contributed by atoms with E-state index >= 15 is 0 Å². The van der Waals surface area contributed by atoms with Crippen LogP contribution in [-0.2, 0) is 17.8 Å². The Balaban J connectivity index is 1.50. The summed E-state index contributed by atoms with van der Waals surface area (Å²) in [5, 5.41) is 10.2. The molecule has 0 atom stereocenters. The van der Waals surface area contributed by atoms with E-state index in [4.69, 9.17) is 11.6 Å². The van der Waals surface area contributed by atoms with Crippen molar-refractivity contribution in [3.63, 3.8) is 0 Å². The zero-order valence-corrected chi connectivity index (χ0v) is 15.4. The fraction of sp³-hybridized carbons (Fsp3) is 0.0909. The lowest BCUT2D eigenvalue weighted by atomic mass is 10.0. The first-order chi connectivity index (χ1) is 13.2. The molecule has 0 unspecified atom stereocenters. The van der Waals surface area contributed by atoms with E-state index in [-0.39, 0.29) is 5.91 Å². The molecule has 27 heavy (non-hydrogen) atoms. The number of hydrogen-bond acceptors (Lipinski definition) is 2. The Hall–Kier alpha value is -3.11. The van der Waals surface area contributed by atoms with E-state index in [9.17, 15) is 4.79 Å². The lowest BCUT2D eigenvalue weighted by Gasteiger charge is -2.10. The Labute approximate surface area is 162 Å². The minimum absolute atomic E-state index is 0.0702. The molecule has 0 bridgehead atoms. The van der Waals surface area contributed by atoms with Gasteiger partial charge in [-0.05, 0) is 34.0 Å². The number of fused-ring (bicyclic) bond motifs is 1. The van der Waals surface area contributed by atoms with Crippen molar-refractivity contribution in [2.75, 3.05) is 5.32 Å². The molecule has 0 aliphatic carbocycles. The zero-order valence-electron chi connectivity index (χ0n) is 14.6. The Morgan fingerprint density at radius 1 is 1.00 bits per heavy atom. The lowest BCUT2D eigenvalue weighted by molar-refractivity contribution is -0.115. The van der Waals surface area contributed by atoms with Crippen molar-refractivity contribution in [1.29, 1.82) is 0 Å². The van der Waals surface area contributed by atoms with Crippen LogP contribution in [0.25, 0.3) is 10.8 Å². The fourth-order valence-corrected chi connectivity index (χ4v) is 3.39. The van der Waals surface area contributed by atoms with E-state index in [1.807, 2.05) is 54.6 Å². The van der Waals surface area contributed by atoms with Crippen LogP contribution in [0.5, 0.6) is 0 Å². The maximum Gasteiger partial charge on any atom is 0.229 e. The molecule has 1 aromatic heterocycles. The second-order valence-corrected chi connectivity index (χ2v) is 6.80. The van der Waals surface area contributed by atoms with Crippen molar-refractivity contribution >= 4 is 34.1 Å². The number of carbonyl (C=O) groups excluding carboxylic acids is 1. The first-order valence-corrected chi connectivity index (χ1v) is 9.09. The van der Waals surface area contributed by atoms with Crippen LogP contribution in [0.3, 0.4) is 0 Å². The van der Waals surface area contributed by atoms with Crippen molar-refractivity contribution < 1.29 is 4.79 Å². The van der Waals surface area contributed by atoms with Crippen LogP contribution in [0.1, 0.15) is 11.1 Å². The molecule has 4 nitrogen and oxygen atoms in total. The highest BCUT2D eigenvalue weighted by Gasteiger charge is 2.10. The molecular formula is C22H18ClN3O. The van der Waals surface area contributed by atoms with Gasteiger partial charge in [0.15, 0.2) is 0 Å². The molecule has 5 heteroatoms. The quantitative estimate of drug-likeness (QED) is 0.538. The van der Waals surface area contributed by atoms with Gasteiger partial charge in [0.1, 0.15) is 5.82 Å². The number of nitrogens with one attached hydrogen (secondary N) is 1. The third-order valence-electron chi connectivity index (χ3n) is 4.44. The summed E-state index contributed by atoms with van der Waals surface area (Å²) in [6.45, 7) is 0.539. The predicted molar refractivity (Wildman–Crippen MR) is 109 cm³/mol. The van der Waals surface area contributed by atoms with Crippen molar-refractivity contribution in [1.82, 2.24) is 9.78 Å². The van der Waals surface area contributed by atoms with Gasteiger partial charge in [-0.25, -0.2) is 4.68 Å². The minimum Gasteiger partial charge on any atom is -0.311 e. The SMILES string of the molecule is O=C(Cc1cccc2ccccc12)Nc1ccnn1Cc1cccc(Cl)c1. The lowest BCUT2D eigenvalue weighted by Crippen LogP contribution is -2.18. The number of benzene rings is 3. The van der Waals surface area contributed by atoms with E-state index in [1.54, 1.807) is 16.9 Å². The molecule has 134 valence electrons. The smallest absolute Gasteiger partial charge is 0.229 e. The van der Waals surface area contributed by atoms with Gasteiger partial charge in [-0.2, -0.15) is 5.10 Å². The van der Waals surface area contributed by atoms with Gasteiger partial charge in [0.2, 0.25) is 5.91 Å². The molecule has 0 aliphatic heterocycles. The summed E-state index contributed by atoms with van der Waals surface area (Å²) in [6.07, 6.45) is 1.99. The number of rotatable bonds is 5. The van der Waals surface area contributed by atoms with Crippen molar-refractivity contribution in [3.8, 4) is 0 Å². The van der Waals surface area contributed by atoms with Gasteiger partial charge < -0.3 is 5.32 Å². The van der Waals surface area contributed by atoms with Gasteiger partial charge in [0.05, 0.1) is 19.2 Å². The molecule has 1 amide bonds. The Bertz CT molecular complexity index is 1100. The summed E-state index contributed by atoms with van der Waals surface area (Å²) in [4.78, 5) is 12.6. The number of amides is 1. The fourth-order valence-electron chi connectivity index (χ4n) is 3.18. The summed E-state index contributed by atoms with van der Waals surface area (Å²) in [5.74, 6) is 0.597. The summed E-state index contributed by atoms with van der Waals surface area (Å²) < 4.78 is 1.76. The third kappa shape index (κ3) is 4.01. The minimum atomic E-state index is -0.0702. The predicted octanol–water partition coefficient (Wildman–Crippen LogP) is 4.92. The molecule has 3 aromatic carbocycles. The van der Waals surface area contributed by atoms with Gasteiger partial charge in [-0.1, -0.05) is 66.2 Å². The Morgan fingerprint density at radius 2 is 1.81 bits per heavy atom. The molecule has 0 spiro atoms. The van der Waals surface area contributed by atoms with Crippen LogP contribution in [0, 0.1) is 0 Å². The van der Waals surface area contributed by atoms with Gasteiger partial charge in [0, 0.05) is 11.1 Å². The van der Waals surface area contributed by atoms with Crippen LogP contribution in [0.15, 0.2) is 79.0 Å². The molecular weight excluding hydrogens is 358 g/mol. The number of hydrogen-bond donors (Lipinski definition) is 1. The van der Waals surface area contributed by atoms with Crippen molar-refractivity contribution in [3.05, 3.63) is 95.1 Å². The molecule has 0 aliphatic rings. The second kappa shape index (κ2) is 7.64. The number of carbonyl (C=O) groups is 1. The molecule has 0 fully saturated rings. The molecule has 0 radical (unpaired) electrons. The van der Waals surface area contributed by atoms with Crippen LogP contribution in [0.4, 0.5) is 5.82 Å². The normalized spacial score (nSPS) is 10.9. The summed E-state index contributed by atoms with van der Waals surface area (Å²) >= 11 is 6.05. The van der Waals surface area contributed by atoms with Crippen LogP contribution in [0.2, 0.25) is 5.02 Å². The summed E-state index contributed by atoms with van der Waals surface area (Å²) in [7, 11) is 0. The summed E-state index contributed by atoms with van der Waals surface area (Å²) in [5.41, 5.74) is 2.03. The molecule has 4 rings (SSSR count). The number of halogens is 1. The highest BCUT2D eigenvalue weighted by molar-refractivity contribution is 6.30. The first-order valence-electron chi connectivity index (χ1n) is 8.72. The highest BCUT2D eigenvalue weighted by Crippen LogP contribution is 2.20. The van der Waals surface area contributed by atoms with E-state index in [1.165, 1.54) is 0 Å². The Morgan fingerprint density at radius 3 is 2.70 bits per heavy atom. The van der Waals surface area contributed by atoms with Crippen LogP contribution >= 0.6 is 11.6 Å².